The fourth-order valence-corrected chi connectivity index (χ4v) is 6.62. The van der Waals surface area contributed by atoms with E-state index >= 15 is 0 Å². The summed E-state index contributed by atoms with van der Waals surface area (Å²) < 4.78 is 0. The summed E-state index contributed by atoms with van der Waals surface area (Å²) >= 11 is 1.48. The number of amides is 2. The highest BCUT2D eigenvalue weighted by Crippen LogP contribution is 2.34. The lowest BCUT2D eigenvalue weighted by Crippen LogP contribution is -2.30. The van der Waals surface area contributed by atoms with Gasteiger partial charge in [-0.1, -0.05) is 17.9 Å². The van der Waals surface area contributed by atoms with E-state index in [0.717, 1.165) is 88.5 Å². The molecule has 2 aromatic carbocycles. The Balaban J connectivity index is 1.12. The van der Waals surface area contributed by atoms with E-state index in [9.17, 15) is 9.59 Å². The van der Waals surface area contributed by atoms with Crippen molar-refractivity contribution < 1.29 is 9.59 Å². The summed E-state index contributed by atoms with van der Waals surface area (Å²) in [6, 6.07) is 15.7. The third-order valence-corrected chi connectivity index (χ3v) is 8.74. The van der Waals surface area contributed by atoms with E-state index in [1.54, 1.807) is 6.92 Å². The predicted molar refractivity (Wildman–Crippen MR) is 155 cm³/mol. The van der Waals surface area contributed by atoms with E-state index in [0.29, 0.717) is 0 Å². The quantitative estimate of drug-likeness (QED) is 0.289. The maximum Gasteiger partial charge on any atom is 0.264 e. The van der Waals surface area contributed by atoms with Crippen molar-refractivity contribution in [2.24, 2.45) is 0 Å². The fourth-order valence-electron chi connectivity index (χ4n) is 5.94. The zero-order chi connectivity index (χ0) is 27.2. The molecule has 0 aliphatic carbocycles. The van der Waals surface area contributed by atoms with Crippen LogP contribution in [0.1, 0.15) is 77.1 Å². The van der Waals surface area contributed by atoms with Gasteiger partial charge in [0.1, 0.15) is 11.6 Å². The number of hydrogen-bond acceptors (Lipinski definition) is 5. The largest absolute Gasteiger partial charge is 0.340 e. The van der Waals surface area contributed by atoms with Gasteiger partial charge < -0.3 is 19.8 Å². The third-order valence-electron chi connectivity index (χ3n) is 7.89. The van der Waals surface area contributed by atoms with E-state index in [4.69, 9.17) is 9.97 Å². The fraction of sp³-hybridized carbons (Fsp3) is 0.290. The molecule has 5 heterocycles. The van der Waals surface area contributed by atoms with Gasteiger partial charge in [0, 0.05) is 31.1 Å². The summed E-state index contributed by atoms with van der Waals surface area (Å²) in [4.78, 5) is 46.1. The third kappa shape index (κ3) is 4.44. The maximum absolute atomic E-state index is 13.0. The average molecular weight is 549 g/mol. The second-order valence-corrected chi connectivity index (χ2v) is 11.4. The number of carbonyl (C=O) groups is 2. The number of aromatic amines is 2. The molecule has 2 aliphatic heterocycles. The monoisotopic (exact) mass is 548 g/mol. The molecule has 2 fully saturated rings. The Hall–Kier alpha value is -4.42. The van der Waals surface area contributed by atoms with Crippen LogP contribution in [0.25, 0.3) is 22.1 Å². The van der Waals surface area contributed by atoms with Crippen molar-refractivity contribution in [1.82, 2.24) is 29.7 Å². The van der Waals surface area contributed by atoms with Gasteiger partial charge in [0.05, 0.1) is 39.0 Å². The number of thiophene rings is 1. The summed E-state index contributed by atoms with van der Waals surface area (Å²) in [5.41, 5.74) is 5.35. The molecule has 2 saturated heterocycles. The van der Waals surface area contributed by atoms with Crippen molar-refractivity contribution in [2.75, 3.05) is 13.1 Å². The summed E-state index contributed by atoms with van der Waals surface area (Å²) in [6.07, 6.45) is 3.78. The minimum atomic E-state index is -0.0469. The molecule has 7 rings (SSSR count). The number of likely N-dealkylation sites (tertiary alicyclic amines) is 2. The Labute approximate surface area is 235 Å². The number of benzene rings is 2. The molecule has 2 N–H and O–H groups in total. The molecule has 0 spiro atoms. The molecule has 3 aromatic heterocycles. The van der Waals surface area contributed by atoms with Gasteiger partial charge in [-0.05, 0) is 73.5 Å². The topological polar surface area (TPSA) is 98.0 Å². The first-order chi connectivity index (χ1) is 19.5. The standard InChI is InChI=1S/C31H28N6O2S/c1-19(38)36-14-2-5-26(36)29-32-22-12-10-20(17-24(22)34-29)8-9-21-11-13-23-25(18-21)35-30(33-23)27-6-3-15-37(27)31(39)28-7-4-16-40-28/h4,7,10-13,16-18,26-27H,2-3,5-6,14-15H2,1H3,(H,32,34)(H,33,35)/t26-,27-/m0/s1. The van der Waals surface area contributed by atoms with Crippen LogP contribution in [0, 0.1) is 11.8 Å². The van der Waals surface area contributed by atoms with Crippen molar-refractivity contribution in [3.8, 4) is 11.8 Å². The summed E-state index contributed by atoms with van der Waals surface area (Å²) in [7, 11) is 0. The lowest BCUT2D eigenvalue weighted by atomic mass is 10.1. The van der Waals surface area contributed by atoms with Crippen molar-refractivity contribution in [1.29, 1.82) is 0 Å². The highest BCUT2D eigenvalue weighted by Gasteiger charge is 2.33. The lowest BCUT2D eigenvalue weighted by molar-refractivity contribution is -0.129. The molecule has 2 amide bonds. The van der Waals surface area contributed by atoms with Crippen LogP contribution in [-0.2, 0) is 4.79 Å². The second-order valence-electron chi connectivity index (χ2n) is 10.5. The van der Waals surface area contributed by atoms with Crippen LogP contribution in [0.15, 0.2) is 53.9 Å². The summed E-state index contributed by atoms with van der Waals surface area (Å²) in [6.45, 7) is 3.14. The average Bonchev–Trinajstić information content (AvgIpc) is 3.79. The van der Waals surface area contributed by atoms with Crippen molar-refractivity contribution >= 4 is 45.2 Å². The van der Waals surface area contributed by atoms with Gasteiger partial charge >= 0.3 is 0 Å². The normalized spacial score (nSPS) is 18.9. The van der Waals surface area contributed by atoms with Crippen LogP contribution in [0.3, 0.4) is 0 Å². The highest BCUT2D eigenvalue weighted by atomic mass is 32.1. The predicted octanol–water partition coefficient (Wildman–Crippen LogP) is 5.56. The first-order valence-electron chi connectivity index (χ1n) is 13.7. The van der Waals surface area contributed by atoms with Crippen LogP contribution >= 0.6 is 11.3 Å². The van der Waals surface area contributed by atoms with Gasteiger partial charge in [-0.2, -0.15) is 0 Å². The molecule has 0 unspecified atom stereocenters. The first kappa shape index (κ1) is 24.6. The van der Waals surface area contributed by atoms with Crippen LogP contribution in [0.2, 0.25) is 0 Å². The van der Waals surface area contributed by atoms with Gasteiger partial charge in [0.25, 0.3) is 5.91 Å². The van der Waals surface area contributed by atoms with E-state index in [2.05, 4.69) is 21.8 Å². The number of aromatic nitrogens is 4. The number of H-pyrrole nitrogens is 2. The molecule has 2 atom stereocenters. The number of rotatable bonds is 3. The van der Waals surface area contributed by atoms with Gasteiger partial charge in [-0.15, -0.1) is 11.3 Å². The molecule has 0 saturated carbocycles. The Morgan fingerprint density at radius 2 is 1.43 bits per heavy atom. The van der Waals surface area contributed by atoms with Crippen molar-refractivity contribution in [2.45, 2.75) is 44.7 Å². The number of hydrogen-bond donors (Lipinski definition) is 2. The first-order valence-corrected chi connectivity index (χ1v) is 14.5. The van der Waals surface area contributed by atoms with Crippen molar-refractivity contribution in [3.63, 3.8) is 0 Å². The lowest BCUT2D eigenvalue weighted by Gasteiger charge is -2.22. The van der Waals surface area contributed by atoms with E-state index in [1.807, 2.05) is 63.7 Å². The van der Waals surface area contributed by atoms with Crippen LogP contribution in [0.5, 0.6) is 0 Å². The van der Waals surface area contributed by atoms with Crippen LogP contribution in [-0.4, -0.2) is 54.6 Å². The molecule has 200 valence electrons. The number of nitrogens with one attached hydrogen (secondary N) is 2. The Morgan fingerprint density at radius 3 is 1.98 bits per heavy atom. The minimum Gasteiger partial charge on any atom is -0.340 e. The summed E-state index contributed by atoms with van der Waals surface area (Å²) in [5.74, 6) is 8.38. The van der Waals surface area contributed by atoms with E-state index in [-0.39, 0.29) is 23.9 Å². The van der Waals surface area contributed by atoms with E-state index in [1.165, 1.54) is 11.3 Å². The van der Waals surface area contributed by atoms with Crippen molar-refractivity contribution in [3.05, 3.63) is 81.6 Å². The van der Waals surface area contributed by atoms with Crippen LogP contribution in [0.4, 0.5) is 0 Å². The molecule has 9 heteroatoms. The molecular formula is C31H28N6O2S. The zero-order valence-corrected chi connectivity index (χ0v) is 22.9. The van der Waals surface area contributed by atoms with Gasteiger partial charge in [-0.3, -0.25) is 9.59 Å². The second kappa shape index (κ2) is 9.96. The minimum absolute atomic E-state index is 0.00980. The molecular weight excluding hydrogens is 520 g/mol. The van der Waals surface area contributed by atoms with Gasteiger partial charge in [-0.25, -0.2) is 9.97 Å². The number of nitrogens with zero attached hydrogens (tertiary/aromatic N) is 4. The Kier molecular flexibility index (Phi) is 6.13. The van der Waals surface area contributed by atoms with Crippen LogP contribution < -0.4 is 0 Å². The van der Waals surface area contributed by atoms with E-state index < -0.39 is 0 Å². The SMILES string of the molecule is CC(=O)N1CCC[C@H]1c1nc2ccc(C#Cc3ccc4nc([C@@H]5CCCN5C(=O)c5cccs5)[nH]c4c3)cc2[nH]1. The number of fused-ring (bicyclic) bond motifs is 2. The Bertz CT molecular complexity index is 1810. The Morgan fingerprint density at radius 1 is 0.850 bits per heavy atom. The number of imidazole rings is 2. The molecule has 0 bridgehead atoms. The molecule has 2 aliphatic rings. The smallest absolute Gasteiger partial charge is 0.264 e. The number of carbonyl (C=O) groups excluding carboxylic acids is 2. The molecule has 8 nitrogen and oxygen atoms in total. The molecule has 40 heavy (non-hydrogen) atoms. The highest BCUT2D eigenvalue weighted by molar-refractivity contribution is 7.12. The summed E-state index contributed by atoms with van der Waals surface area (Å²) in [5, 5.41) is 1.94. The molecule has 5 aromatic rings. The maximum atomic E-state index is 13.0. The zero-order valence-electron chi connectivity index (χ0n) is 22.1. The van der Waals surface area contributed by atoms with Gasteiger partial charge in [0.15, 0.2) is 0 Å². The molecule has 0 radical (unpaired) electrons. The van der Waals surface area contributed by atoms with Gasteiger partial charge in [0.2, 0.25) is 5.91 Å².